The van der Waals surface area contributed by atoms with Crippen molar-refractivity contribution in [2.75, 3.05) is 6.54 Å². The van der Waals surface area contributed by atoms with Crippen LogP contribution in [0.2, 0.25) is 0 Å². The normalized spacial score (nSPS) is 25.2. The van der Waals surface area contributed by atoms with E-state index in [0.717, 1.165) is 11.5 Å². The Morgan fingerprint density at radius 1 is 1.16 bits per heavy atom. The van der Waals surface area contributed by atoms with E-state index < -0.39 is 0 Å². The van der Waals surface area contributed by atoms with E-state index in [1.807, 2.05) is 12.1 Å². The highest BCUT2D eigenvalue weighted by molar-refractivity contribution is 5.23. The highest BCUT2D eigenvalue weighted by atomic mass is 16.3. The number of hydrogen-bond donors (Lipinski definition) is 2. The quantitative estimate of drug-likeness (QED) is 0.849. The number of benzene rings is 1. The van der Waals surface area contributed by atoms with Gasteiger partial charge in [-0.2, -0.15) is 0 Å². The van der Waals surface area contributed by atoms with E-state index in [1.54, 1.807) is 0 Å². The molecule has 0 amide bonds. The Kier molecular flexibility index (Phi) is 5.41. The van der Waals surface area contributed by atoms with Crippen LogP contribution in [-0.2, 0) is 0 Å². The Bertz CT molecular complexity index is 365. The van der Waals surface area contributed by atoms with Crippen LogP contribution >= 0.6 is 0 Å². The highest BCUT2D eigenvalue weighted by Crippen LogP contribution is 2.26. The summed E-state index contributed by atoms with van der Waals surface area (Å²) in [4.78, 5) is 0. The number of rotatable bonds is 5. The van der Waals surface area contributed by atoms with Crippen LogP contribution in [0.3, 0.4) is 0 Å². The zero-order valence-corrected chi connectivity index (χ0v) is 12.2. The number of aliphatic hydroxyl groups excluding tert-OH is 1. The summed E-state index contributed by atoms with van der Waals surface area (Å²) in [5.41, 5.74) is 2.25. The molecule has 1 aliphatic carbocycles. The molecule has 106 valence electrons. The van der Waals surface area contributed by atoms with Gasteiger partial charge in [0, 0.05) is 12.6 Å². The first-order chi connectivity index (χ1) is 9.19. The van der Waals surface area contributed by atoms with Crippen LogP contribution in [0.4, 0.5) is 0 Å². The fourth-order valence-corrected chi connectivity index (χ4v) is 2.96. The lowest BCUT2D eigenvalue weighted by molar-refractivity contribution is 0.162. The van der Waals surface area contributed by atoms with E-state index in [0.29, 0.717) is 12.6 Å². The van der Waals surface area contributed by atoms with Gasteiger partial charge in [0.2, 0.25) is 0 Å². The molecule has 19 heavy (non-hydrogen) atoms. The lowest BCUT2D eigenvalue weighted by atomic mass is 9.84. The van der Waals surface area contributed by atoms with Crippen LogP contribution in [0.25, 0.3) is 0 Å². The molecule has 1 saturated carbocycles. The van der Waals surface area contributed by atoms with Crippen LogP contribution < -0.4 is 5.32 Å². The van der Waals surface area contributed by atoms with Gasteiger partial charge >= 0.3 is 0 Å². The monoisotopic (exact) mass is 261 g/mol. The first-order valence-corrected chi connectivity index (χ1v) is 7.67. The van der Waals surface area contributed by atoms with E-state index in [1.165, 1.54) is 37.7 Å². The SMILES string of the molecule is CCC1CCC(NC[C@@H](O)c2ccc(C)cc2)CC1. The van der Waals surface area contributed by atoms with Crippen LogP contribution in [-0.4, -0.2) is 17.7 Å². The molecule has 1 aliphatic rings. The number of aryl methyl sites for hydroxylation is 1. The molecule has 2 rings (SSSR count). The number of nitrogens with one attached hydrogen (secondary N) is 1. The van der Waals surface area contributed by atoms with Crippen LogP contribution in [0.1, 0.15) is 56.3 Å². The summed E-state index contributed by atoms with van der Waals surface area (Å²) in [6.45, 7) is 5.03. The molecular weight excluding hydrogens is 234 g/mol. The third kappa shape index (κ3) is 4.32. The van der Waals surface area contributed by atoms with Crippen molar-refractivity contribution >= 4 is 0 Å². The molecule has 1 fully saturated rings. The molecule has 0 spiro atoms. The van der Waals surface area contributed by atoms with E-state index in [2.05, 4.69) is 31.3 Å². The maximum absolute atomic E-state index is 10.2. The van der Waals surface area contributed by atoms with Crippen molar-refractivity contribution in [3.05, 3.63) is 35.4 Å². The van der Waals surface area contributed by atoms with Crippen molar-refractivity contribution in [1.29, 1.82) is 0 Å². The Morgan fingerprint density at radius 2 is 1.79 bits per heavy atom. The van der Waals surface area contributed by atoms with E-state index in [9.17, 15) is 5.11 Å². The number of aliphatic hydroxyl groups is 1. The van der Waals surface area contributed by atoms with Gasteiger partial charge < -0.3 is 10.4 Å². The summed E-state index contributed by atoms with van der Waals surface area (Å²) in [5.74, 6) is 0.931. The van der Waals surface area contributed by atoms with Crippen molar-refractivity contribution in [2.45, 2.75) is 58.1 Å². The van der Waals surface area contributed by atoms with Gasteiger partial charge in [-0.15, -0.1) is 0 Å². The maximum Gasteiger partial charge on any atom is 0.0914 e. The molecule has 2 N–H and O–H groups in total. The third-order valence-electron chi connectivity index (χ3n) is 4.49. The number of hydrogen-bond acceptors (Lipinski definition) is 2. The first-order valence-electron chi connectivity index (χ1n) is 7.67. The van der Waals surface area contributed by atoms with E-state index >= 15 is 0 Å². The summed E-state index contributed by atoms with van der Waals surface area (Å²) >= 11 is 0. The predicted octanol–water partition coefficient (Wildman–Crippen LogP) is 3.59. The minimum Gasteiger partial charge on any atom is -0.387 e. The van der Waals surface area contributed by atoms with E-state index in [4.69, 9.17) is 0 Å². The third-order valence-corrected chi connectivity index (χ3v) is 4.49. The van der Waals surface area contributed by atoms with Gasteiger partial charge in [-0.3, -0.25) is 0 Å². The fraction of sp³-hybridized carbons (Fsp3) is 0.647. The van der Waals surface area contributed by atoms with E-state index in [-0.39, 0.29) is 6.10 Å². The standard InChI is InChI=1S/C17H27NO/c1-3-14-6-10-16(11-7-14)18-12-17(19)15-8-4-13(2)5-9-15/h4-5,8-9,14,16-19H,3,6-7,10-12H2,1-2H3/t14?,16?,17-/m1/s1. The Hall–Kier alpha value is -0.860. The van der Waals surface area contributed by atoms with Crippen molar-refractivity contribution < 1.29 is 5.11 Å². The summed E-state index contributed by atoms with van der Waals surface area (Å²) in [6, 6.07) is 8.77. The van der Waals surface area contributed by atoms with Crippen LogP contribution in [0.15, 0.2) is 24.3 Å². The molecule has 2 nitrogen and oxygen atoms in total. The maximum atomic E-state index is 10.2. The summed E-state index contributed by atoms with van der Waals surface area (Å²) < 4.78 is 0. The van der Waals surface area contributed by atoms with Crippen LogP contribution in [0, 0.1) is 12.8 Å². The zero-order valence-electron chi connectivity index (χ0n) is 12.2. The second-order valence-corrected chi connectivity index (χ2v) is 5.96. The highest BCUT2D eigenvalue weighted by Gasteiger charge is 2.20. The van der Waals surface area contributed by atoms with Gasteiger partial charge in [0.1, 0.15) is 0 Å². The molecule has 0 saturated heterocycles. The van der Waals surface area contributed by atoms with Crippen molar-refractivity contribution in [3.8, 4) is 0 Å². The summed E-state index contributed by atoms with van der Waals surface area (Å²) in [7, 11) is 0. The van der Waals surface area contributed by atoms with Crippen molar-refractivity contribution in [3.63, 3.8) is 0 Å². The van der Waals surface area contributed by atoms with Gasteiger partial charge in [-0.05, 0) is 44.1 Å². The smallest absolute Gasteiger partial charge is 0.0914 e. The minimum absolute atomic E-state index is 0.385. The molecule has 0 radical (unpaired) electrons. The average molecular weight is 261 g/mol. The van der Waals surface area contributed by atoms with Crippen LogP contribution in [0.5, 0.6) is 0 Å². The zero-order chi connectivity index (χ0) is 13.7. The van der Waals surface area contributed by atoms with Crippen molar-refractivity contribution in [2.24, 2.45) is 5.92 Å². The lowest BCUT2D eigenvalue weighted by Gasteiger charge is -2.29. The van der Waals surface area contributed by atoms with Gasteiger partial charge in [0.25, 0.3) is 0 Å². The molecule has 2 heteroatoms. The van der Waals surface area contributed by atoms with Gasteiger partial charge in [-0.25, -0.2) is 0 Å². The lowest BCUT2D eigenvalue weighted by Crippen LogP contribution is -2.35. The average Bonchev–Trinajstić information content (AvgIpc) is 2.46. The largest absolute Gasteiger partial charge is 0.387 e. The molecule has 1 aromatic carbocycles. The second kappa shape index (κ2) is 7.06. The molecule has 1 aromatic rings. The van der Waals surface area contributed by atoms with Gasteiger partial charge in [-0.1, -0.05) is 43.2 Å². The molecule has 0 unspecified atom stereocenters. The topological polar surface area (TPSA) is 32.3 Å². The Balaban J connectivity index is 1.75. The van der Waals surface area contributed by atoms with Crippen molar-refractivity contribution in [1.82, 2.24) is 5.32 Å². The molecule has 0 aromatic heterocycles. The van der Waals surface area contributed by atoms with Gasteiger partial charge in [0.05, 0.1) is 6.10 Å². The first kappa shape index (κ1) is 14.5. The fourth-order valence-electron chi connectivity index (χ4n) is 2.96. The molecule has 1 atom stereocenters. The summed E-state index contributed by atoms with van der Waals surface area (Å²) in [5, 5.41) is 13.7. The van der Waals surface area contributed by atoms with Gasteiger partial charge in [0.15, 0.2) is 0 Å². The molecular formula is C17H27NO. The Labute approximate surface area is 117 Å². The summed E-state index contributed by atoms with van der Waals surface area (Å²) in [6.07, 6.45) is 6.14. The molecule has 0 aliphatic heterocycles. The molecule has 0 heterocycles. The second-order valence-electron chi connectivity index (χ2n) is 5.96. The predicted molar refractivity (Wildman–Crippen MR) is 80.2 cm³/mol. The molecule has 0 bridgehead atoms. The minimum atomic E-state index is -0.385. The Morgan fingerprint density at radius 3 is 2.37 bits per heavy atom.